The number of anilines is 2. The average Bonchev–Trinajstić information content (AvgIpc) is 2.75. The van der Waals surface area contributed by atoms with E-state index in [1.54, 1.807) is 18.3 Å². The number of nitro groups is 1. The van der Waals surface area contributed by atoms with Crippen molar-refractivity contribution in [3.05, 3.63) is 64.5 Å². The van der Waals surface area contributed by atoms with E-state index in [0.29, 0.717) is 17.4 Å². The molecular formula is C20H21N7O2. The van der Waals surface area contributed by atoms with Gasteiger partial charge in [0.1, 0.15) is 11.6 Å². The van der Waals surface area contributed by atoms with Crippen LogP contribution in [0.5, 0.6) is 0 Å². The SMILES string of the molecule is Cc1cc(N2CCC(Nc3cccnn3)CC2)nc(-c2cccc([N+](=O)[O-])c2)n1. The summed E-state index contributed by atoms with van der Waals surface area (Å²) in [4.78, 5) is 22.1. The molecule has 4 rings (SSSR count). The van der Waals surface area contributed by atoms with Crippen LogP contribution in [0, 0.1) is 17.0 Å². The second-order valence-electron chi connectivity index (χ2n) is 7.01. The molecule has 2 aromatic heterocycles. The Balaban J connectivity index is 1.48. The van der Waals surface area contributed by atoms with E-state index in [4.69, 9.17) is 0 Å². The Morgan fingerprint density at radius 3 is 2.69 bits per heavy atom. The summed E-state index contributed by atoms with van der Waals surface area (Å²) in [7, 11) is 0. The molecule has 3 aromatic rings. The topological polar surface area (TPSA) is 110 Å². The fraction of sp³-hybridized carbons (Fsp3) is 0.300. The summed E-state index contributed by atoms with van der Waals surface area (Å²) in [5.74, 6) is 2.14. The van der Waals surface area contributed by atoms with E-state index in [1.807, 2.05) is 25.1 Å². The number of non-ortho nitro benzene ring substituents is 1. The summed E-state index contributed by atoms with van der Waals surface area (Å²) in [6, 6.07) is 12.5. The molecule has 1 aliphatic heterocycles. The van der Waals surface area contributed by atoms with Gasteiger partial charge in [0.15, 0.2) is 5.82 Å². The molecule has 0 unspecified atom stereocenters. The van der Waals surface area contributed by atoms with Gasteiger partial charge in [-0.2, -0.15) is 5.10 Å². The van der Waals surface area contributed by atoms with Crippen LogP contribution >= 0.6 is 0 Å². The first-order valence-corrected chi connectivity index (χ1v) is 9.48. The number of aryl methyl sites for hydroxylation is 1. The quantitative estimate of drug-likeness (QED) is 0.521. The maximum absolute atomic E-state index is 11.1. The van der Waals surface area contributed by atoms with Crippen LogP contribution in [0.2, 0.25) is 0 Å². The van der Waals surface area contributed by atoms with Crippen molar-refractivity contribution >= 4 is 17.3 Å². The van der Waals surface area contributed by atoms with Crippen LogP contribution in [-0.4, -0.2) is 44.2 Å². The predicted molar refractivity (Wildman–Crippen MR) is 110 cm³/mol. The Morgan fingerprint density at radius 1 is 1.14 bits per heavy atom. The van der Waals surface area contributed by atoms with Crippen LogP contribution in [0.4, 0.5) is 17.3 Å². The van der Waals surface area contributed by atoms with Crippen molar-refractivity contribution in [3.8, 4) is 11.4 Å². The Kier molecular flexibility index (Phi) is 5.28. The van der Waals surface area contributed by atoms with Crippen LogP contribution in [0.1, 0.15) is 18.5 Å². The van der Waals surface area contributed by atoms with E-state index in [1.165, 1.54) is 12.1 Å². The van der Waals surface area contributed by atoms with Gasteiger partial charge in [0.05, 0.1) is 4.92 Å². The van der Waals surface area contributed by atoms with Crippen molar-refractivity contribution in [1.29, 1.82) is 0 Å². The lowest BCUT2D eigenvalue weighted by atomic mass is 10.0. The molecule has 1 aromatic carbocycles. The summed E-state index contributed by atoms with van der Waals surface area (Å²) in [5.41, 5.74) is 1.50. The van der Waals surface area contributed by atoms with E-state index in [9.17, 15) is 10.1 Å². The minimum Gasteiger partial charge on any atom is -0.366 e. The zero-order valence-electron chi connectivity index (χ0n) is 16.0. The fourth-order valence-electron chi connectivity index (χ4n) is 3.44. The molecule has 9 nitrogen and oxygen atoms in total. The Hall–Kier alpha value is -3.62. The second kappa shape index (κ2) is 8.17. The standard InChI is InChI=1S/C20H21N7O2/c1-14-12-19(24-20(22-14)15-4-2-5-17(13-15)27(28)29)26-10-7-16(8-11-26)23-18-6-3-9-21-25-18/h2-6,9,12-13,16H,7-8,10-11H2,1H3,(H,23,25). The first-order chi connectivity index (χ1) is 14.1. The van der Waals surface area contributed by atoms with Crippen molar-refractivity contribution in [2.45, 2.75) is 25.8 Å². The van der Waals surface area contributed by atoms with E-state index >= 15 is 0 Å². The molecule has 0 amide bonds. The normalized spacial score (nSPS) is 14.6. The molecule has 0 aliphatic carbocycles. The minimum absolute atomic E-state index is 0.0325. The highest BCUT2D eigenvalue weighted by atomic mass is 16.6. The predicted octanol–water partition coefficient (Wildman–Crippen LogP) is 3.23. The molecule has 9 heteroatoms. The maximum atomic E-state index is 11.1. The molecule has 1 N–H and O–H groups in total. The second-order valence-corrected chi connectivity index (χ2v) is 7.01. The van der Waals surface area contributed by atoms with Gasteiger partial charge in [-0.3, -0.25) is 10.1 Å². The molecule has 0 radical (unpaired) electrons. The van der Waals surface area contributed by atoms with Crippen LogP contribution in [-0.2, 0) is 0 Å². The van der Waals surface area contributed by atoms with Gasteiger partial charge in [0.25, 0.3) is 5.69 Å². The number of nitrogens with zero attached hydrogens (tertiary/aromatic N) is 6. The molecule has 148 valence electrons. The average molecular weight is 391 g/mol. The van der Waals surface area contributed by atoms with E-state index in [0.717, 1.165) is 43.3 Å². The number of hydrogen-bond acceptors (Lipinski definition) is 8. The third-order valence-electron chi connectivity index (χ3n) is 4.90. The molecular weight excluding hydrogens is 370 g/mol. The smallest absolute Gasteiger partial charge is 0.270 e. The molecule has 1 aliphatic rings. The largest absolute Gasteiger partial charge is 0.366 e. The molecule has 0 bridgehead atoms. The summed E-state index contributed by atoms with van der Waals surface area (Å²) in [5, 5.41) is 22.5. The summed E-state index contributed by atoms with van der Waals surface area (Å²) in [6.45, 7) is 3.61. The number of nitro benzene ring substituents is 1. The highest BCUT2D eigenvalue weighted by Gasteiger charge is 2.21. The number of piperidine rings is 1. The lowest BCUT2D eigenvalue weighted by molar-refractivity contribution is -0.384. The van der Waals surface area contributed by atoms with Gasteiger partial charge >= 0.3 is 0 Å². The third-order valence-corrected chi connectivity index (χ3v) is 4.90. The summed E-state index contributed by atoms with van der Waals surface area (Å²) >= 11 is 0. The van der Waals surface area contributed by atoms with E-state index < -0.39 is 4.92 Å². The lowest BCUT2D eigenvalue weighted by Crippen LogP contribution is -2.39. The van der Waals surface area contributed by atoms with Crippen molar-refractivity contribution in [1.82, 2.24) is 20.2 Å². The lowest BCUT2D eigenvalue weighted by Gasteiger charge is -2.33. The van der Waals surface area contributed by atoms with Crippen molar-refractivity contribution in [2.75, 3.05) is 23.3 Å². The van der Waals surface area contributed by atoms with Crippen LogP contribution in [0.15, 0.2) is 48.7 Å². The Morgan fingerprint density at radius 2 is 1.97 bits per heavy atom. The fourth-order valence-corrected chi connectivity index (χ4v) is 3.44. The minimum atomic E-state index is -0.408. The van der Waals surface area contributed by atoms with E-state index in [2.05, 4.69) is 30.4 Å². The van der Waals surface area contributed by atoms with Gasteiger partial charge in [0.2, 0.25) is 0 Å². The Bertz CT molecular complexity index is 1000. The highest BCUT2D eigenvalue weighted by Crippen LogP contribution is 2.25. The van der Waals surface area contributed by atoms with Crippen molar-refractivity contribution < 1.29 is 4.92 Å². The first-order valence-electron chi connectivity index (χ1n) is 9.48. The number of hydrogen-bond donors (Lipinski definition) is 1. The molecule has 1 fully saturated rings. The number of benzene rings is 1. The van der Waals surface area contributed by atoms with Gasteiger partial charge in [-0.25, -0.2) is 9.97 Å². The zero-order chi connectivity index (χ0) is 20.2. The highest BCUT2D eigenvalue weighted by molar-refractivity contribution is 5.61. The molecule has 29 heavy (non-hydrogen) atoms. The van der Waals surface area contributed by atoms with Gasteiger partial charge in [0, 0.05) is 54.8 Å². The van der Waals surface area contributed by atoms with Gasteiger partial charge in [-0.1, -0.05) is 12.1 Å². The number of aromatic nitrogens is 4. The van der Waals surface area contributed by atoms with Crippen molar-refractivity contribution in [2.24, 2.45) is 0 Å². The third kappa shape index (κ3) is 4.45. The summed E-state index contributed by atoms with van der Waals surface area (Å²) < 4.78 is 0. The van der Waals surface area contributed by atoms with Crippen LogP contribution in [0.3, 0.4) is 0 Å². The zero-order valence-corrected chi connectivity index (χ0v) is 16.0. The van der Waals surface area contributed by atoms with Crippen molar-refractivity contribution in [3.63, 3.8) is 0 Å². The number of nitrogens with one attached hydrogen (secondary N) is 1. The first kappa shape index (κ1) is 18.7. The maximum Gasteiger partial charge on any atom is 0.270 e. The number of rotatable bonds is 5. The molecule has 0 spiro atoms. The molecule has 0 saturated carbocycles. The van der Waals surface area contributed by atoms with Gasteiger partial charge in [-0.05, 0) is 31.9 Å². The summed E-state index contributed by atoms with van der Waals surface area (Å²) in [6.07, 6.45) is 3.56. The Labute approximate surface area is 168 Å². The molecule has 3 heterocycles. The molecule has 1 saturated heterocycles. The van der Waals surface area contributed by atoms with Crippen LogP contribution < -0.4 is 10.2 Å². The van der Waals surface area contributed by atoms with Gasteiger partial charge in [-0.15, -0.1) is 5.10 Å². The van der Waals surface area contributed by atoms with Crippen LogP contribution in [0.25, 0.3) is 11.4 Å². The molecule has 0 atom stereocenters. The monoisotopic (exact) mass is 391 g/mol. The van der Waals surface area contributed by atoms with E-state index in [-0.39, 0.29) is 5.69 Å². The van der Waals surface area contributed by atoms with Gasteiger partial charge < -0.3 is 10.2 Å².